The van der Waals surface area contributed by atoms with Crippen molar-refractivity contribution in [3.8, 4) is 11.8 Å². The van der Waals surface area contributed by atoms with Crippen LogP contribution < -0.4 is 4.74 Å². The number of benzene rings is 2. The van der Waals surface area contributed by atoms with Crippen molar-refractivity contribution in [1.82, 2.24) is 0 Å². The van der Waals surface area contributed by atoms with Gasteiger partial charge in [0.15, 0.2) is 0 Å². The van der Waals surface area contributed by atoms with Crippen LogP contribution in [-0.2, 0) is 6.61 Å². The second-order valence-electron chi connectivity index (χ2n) is 4.12. The lowest BCUT2D eigenvalue weighted by molar-refractivity contribution is 0.298. The summed E-state index contributed by atoms with van der Waals surface area (Å²) in [6.07, 6.45) is 0. The molecular formula is C15H11ClFNO. The Morgan fingerprint density at radius 1 is 1.26 bits per heavy atom. The number of rotatable bonds is 3. The number of hydrogen-bond donors (Lipinski definition) is 0. The predicted molar refractivity (Wildman–Crippen MR) is 71.6 cm³/mol. The molecule has 0 spiro atoms. The second-order valence-corrected chi connectivity index (χ2v) is 4.55. The van der Waals surface area contributed by atoms with Gasteiger partial charge >= 0.3 is 0 Å². The van der Waals surface area contributed by atoms with Gasteiger partial charge in [-0.15, -0.1) is 0 Å². The van der Waals surface area contributed by atoms with Crippen LogP contribution in [0.2, 0.25) is 5.02 Å². The van der Waals surface area contributed by atoms with Crippen molar-refractivity contribution >= 4 is 11.6 Å². The van der Waals surface area contributed by atoms with Crippen LogP contribution in [0.1, 0.15) is 16.7 Å². The van der Waals surface area contributed by atoms with E-state index in [-0.39, 0.29) is 6.61 Å². The van der Waals surface area contributed by atoms with Gasteiger partial charge in [-0.2, -0.15) is 5.26 Å². The molecule has 96 valence electrons. The Labute approximate surface area is 116 Å². The average Bonchev–Trinajstić information content (AvgIpc) is 2.41. The zero-order chi connectivity index (χ0) is 13.8. The minimum atomic E-state index is -0.390. The van der Waals surface area contributed by atoms with Crippen LogP contribution in [-0.4, -0.2) is 0 Å². The third-order valence-electron chi connectivity index (χ3n) is 2.71. The molecular weight excluding hydrogens is 265 g/mol. The Balaban J connectivity index is 2.19. The minimum Gasteiger partial charge on any atom is -0.488 e. The van der Waals surface area contributed by atoms with Crippen LogP contribution >= 0.6 is 11.6 Å². The molecule has 0 bridgehead atoms. The molecule has 0 aliphatic heterocycles. The average molecular weight is 276 g/mol. The highest BCUT2D eigenvalue weighted by atomic mass is 35.5. The molecule has 0 atom stereocenters. The maximum atomic E-state index is 13.6. The van der Waals surface area contributed by atoms with E-state index in [1.54, 1.807) is 12.1 Å². The molecule has 0 aliphatic rings. The first-order valence-electron chi connectivity index (χ1n) is 5.67. The van der Waals surface area contributed by atoms with Gasteiger partial charge in [-0.3, -0.25) is 0 Å². The molecule has 2 nitrogen and oxygen atoms in total. The molecule has 2 aromatic rings. The fourth-order valence-electron chi connectivity index (χ4n) is 1.64. The molecule has 0 aliphatic carbocycles. The Morgan fingerprint density at radius 2 is 2.05 bits per heavy atom. The number of ether oxygens (including phenoxy) is 1. The van der Waals surface area contributed by atoms with Crippen LogP contribution in [0.15, 0.2) is 36.4 Å². The predicted octanol–water partition coefficient (Wildman–Crippen LogP) is 4.24. The van der Waals surface area contributed by atoms with Crippen LogP contribution in [0.25, 0.3) is 0 Å². The van der Waals surface area contributed by atoms with Crippen LogP contribution in [0, 0.1) is 24.1 Å². The summed E-state index contributed by atoms with van der Waals surface area (Å²) in [6, 6.07) is 11.4. The molecule has 0 radical (unpaired) electrons. The normalized spacial score (nSPS) is 10.0. The van der Waals surface area contributed by atoms with E-state index in [1.165, 1.54) is 18.2 Å². The Morgan fingerprint density at radius 3 is 2.79 bits per heavy atom. The molecule has 19 heavy (non-hydrogen) atoms. The van der Waals surface area contributed by atoms with E-state index in [4.69, 9.17) is 21.6 Å². The lowest BCUT2D eigenvalue weighted by atomic mass is 10.1. The zero-order valence-electron chi connectivity index (χ0n) is 10.3. The summed E-state index contributed by atoms with van der Waals surface area (Å²) in [7, 11) is 0. The van der Waals surface area contributed by atoms with E-state index in [0.717, 1.165) is 5.56 Å². The number of hydrogen-bond acceptors (Lipinski definition) is 2. The molecule has 0 aromatic heterocycles. The Kier molecular flexibility index (Phi) is 4.03. The van der Waals surface area contributed by atoms with Crippen molar-refractivity contribution in [3.63, 3.8) is 0 Å². The van der Waals surface area contributed by atoms with Gasteiger partial charge in [0.05, 0.1) is 11.6 Å². The summed E-state index contributed by atoms with van der Waals surface area (Å²) in [5, 5.41) is 9.35. The second kappa shape index (κ2) is 5.73. The number of nitrogens with zero attached hydrogens (tertiary/aromatic N) is 1. The van der Waals surface area contributed by atoms with E-state index < -0.39 is 5.82 Å². The molecule has 0 heterocycles. The summed E-state index contributed by atoms with van der Waals surface area (Å²) in [5.41, 5.74) is 1.67. The monoisotopic (exact) mass is 275 g/mol. The van der Waals surface area contributed by atoms with Crippen LogP contribution in [0.3, 0.4) is 0 Å². The topological polar surface area (TPSA) is 33.0 Å². The minimum absolute atomic E-state index is 0.0581. The van der Waals surface area contributed by atoms with E-state index in [9.17, 15) is 4.39 Å². The Hall–Kier alpha value is -2.05. The number of nitriles is 1. The highest BCUT2D eigenvalue weighted by Crippen LogP contribution is 2.24. The van der Waals surface area contributed by atoms with Crippen LogP contribution in [0.5, 0.6) is 5.75 Å². The summed E-state index contributed by atoms with van der Waals surface area (Å²) in [6.45, 7) is 1.94. The molecule has 0 saturated carbocycles. The molecule has 0 saturated heterocycles. The van der Waals surface area contributed by atoms with Crippen molar-refractivity contribution in [2.45, 2.75) is 13.5 Å². The summed E-state index contributed by atoms with van der Waals surface area (Å²) in [5.74, 6) is 0.216. The first kappa shape index (κ1) is 13.4. The van der Waals surface area contributed by atoms with Crippen molar-refractivity contribution in [2.75, 3.05) is 0 Å². The third-order valence-corrected chi connectivity index (χ3v) is 2.94. The van der Waals surface area contributed by atoms with Crippen molar-refractivity contribution in [1.29, 1.82) is 5.26 Å². The smallest absolute Gasteiger partial charge is 0.129 e. The molecule has 0 N–H and O–H groups in total. The van der Waals surface area contributed by atoms with E-state index in [1.807, 2.05) is 19.1 Å². The fraction of sp³-hybridized carbons (Fsp3) is 0.133. The molecule has 2 rings (SSSR count). The molecule has 4 heteroatoms. The number of aryl methyl sites for hydroxylation is 1. The summed E-state index contributed by atoms with van der Waals surface area (Å²) >= 11 is 5.88. The molecule has 0 fully saturated rings. The fourth-order valence-corrected chi connectivity index (χ4v) is 1.80. The first-order chi connectivity index (χ1) is 9.10. The zero-order valence-corrected chi connectivity index (χ0v) is 11.0. The van der Waals surface area contributed by atoms with Crippen LogP contribution in [0.4, 0.5) is 4.39 Å². The largest absolute Gasteiger partial charge is 0.488 e. The Bertz CT molecular complexity index is 649. The van der Waals surface area contributed by atoms with Gasteiger partial charge in [0.1, 0.15) is 18.2 Å². The summed E-state index contributed by atoms with van der Waals surface area (Å²) in [4.78, 5) is 0. The van der Waals surface area contributed by atoms with Gasteiger partial charge in [0.25, 0.3) is 0 Å². The maximum Gasteiger partial charge on any atom is 0.129 e. The van der Waals surface area contributed by atoms with Crippen molar-refractivity contribution < 1.29 is 9.13 Å². The maximum absolute atomic E-state index is 13.6. The SMILES string of the molecule is Cc1ccc(Cl)cc1OCc1cc(C#N)ccc1F. The highest BCUT2D eigenvalue weighted by molar-refractivity contribution is 6.30. The van der Waals surface area contributed by atoms with Gasteiger partial charge in [0.2, 0.25) is 0 Å². The van der Waals surface area contributed by atoms with Gasteiger partial charge in [0, 0.05) is 10.6 Å². The van der Waals surface area contributed by atoms with Crippen molar-refractivity contribution in [2.24, 2.45) is 0 Å². The van der Waals surface area contributed by atoms with Gasteiger partial charge in [-0.05, 0) is 42.8 Å². The lowest BCUT2D eigenvalue weighted by Crippen LogP contribution is -2.00. The highest BCUT2D eigenvalue weighted by Gasteiger charge is 2.06. The lowest BCUT2D eigenvalue weighted by Gasteiger charge is -2.10. The van der Waals surface area contributed by atoms with Gasteiger partial charge < -0.3 is 4.74 Å². The standard InChI is InChI=1S/C15H11ClFNO/c1-10-2-4-13(16)7-15(10)19-9-12-6-11(8-18)3-5-14(12)17/h2-7H,9H2,1H3. The molecule has 0 amide bonds. The molecule has 0 unspecified atom stereocenters. The van der Waals surface area contributed by atoms with Crippen molar-refractivity contribution in [3.05, 3.63) is 63.9 Å². The first-order valence-corrected chi connectivity index (χ1v) is 6.05. The molecule has 2 aromatic carbocycles. The van der Waals surface area contributed by atoms with E-state index in [0.29, 0.717) is 21.9 Å². The third kappa shape index (κ3) is 3.24. The van der Waals surface area contributed by atoms with Gasteiger partial charge in [-0.25, -0.2) is 4.39 Å². The summed E-state index contributed by atoms with van der Waals surface area (Å²) < 4.78 is 19.1. The van der Waals surface area contributed by atoms with E-state index >= 15 is 0 Å². The van der Waals surface area contributed by atoms with E-state index in [2.05, 4.69) is 0 Å². The number of halogens is 2. The quantitative estimate of drug-likeness (QED) is 0.839. The van der Waals surface area contributed by atoms with Gasteiger partial charge in [-0.1, -0.05) is 17.7 Å².